The summed E-state index contributed by atoms with van der Waals surface area (Å²) in [6, 6.07) is 21.8. The summed E-state index contributed by atoms with van der Waals surface area (Å²) in [6.07, 6.45) is 0.221. The summed E-state index contributed by atoms with van der Waals surface area (Å²) in [4.78, 5) is 2.04. The molecule has 0 spiro atoms. The van der Waals surface area contributed by atoms with Crippen molar-refractivity contribution in [2.24, 2.45) is 0 Å². The molecule has 4 aromatic carbocycles. The van der Waals surface area contributed by atoms with E-state index in [0.29, 0.717) is 11.5 Å². The third-order valence-corrected chi connectivity index (χ3v) is 16.4. The van der Waals surface area contributed by atoms with Crippen LogP contribution in [0, 0.1) is 13.8 Å². The quantitative estimate of drug-likeness (QED) is 0.199. The fourth-order valence-electron chi connectivity index (χ4n) is 6.59. The molecule has 0 aliphatic carbocycles. The Bertz CT molecular complexity index is 2030. The summed E-state index contributed by atoms with van der Waals surface area (Å²) in [6.45, 7) is 16.2. The number of nitrogens with zero attached hydrogens (tertiary/aromatic N) is 2. The molecule has 0 fully saturated rings. The molecule has 1 aliphatic heterocycles. The van der Waals surface area contributed by atoms with Gasteiger partial charge in [-0.05, 0) is 88.7 Å². The third-order valence-electron chi connectivity index (χ3n) is 9.96. The van der Waals surface area contributed by atoms with Crippen molar-refractivity contribution in [1.82, 2.24) is 8.61 Å². The number of thioether (sulfide) groups is 2. The number of hydrogen-bond acceptors (Lipinski definition) is 8. The predicted octanol–water partition coefficient (Wildman–Crippen LogP) is 8.55. The first-order valence-electron chi connectivity index (χ1n) is 18.7. The van der Waals surface area contributed by atoms with Crippen molar-refractivity contribution >= 4 is 43.6 Å². The summed E-state index contributed by atoms with van der Waals surface area (Å²) >= 11 is 3.17. The molecule has 1 aliphatic rings. The van der Waals surface area contributed by atoms with Gasteiger partial charge in [-0.1, -0.05) is 101 Å². The molecule has 0 amide bonds. The van der Waals surface area contributed by atoms with E-state index < -0.39 is 20.0 Å². The molecule has 0 atom stereocenters. The van der Waals surface area contributed by atoms with E-state index in [-0.39, 0.29) is 66.4 Å². The van der Waals surface area contributed by atoms with Crippen LogP contribution >= 0.6 is 23.5 Å². The van der Waals surface area contributed by atoms with Gasteiger partial charge in [0, 0.05) is 47.5 Å². The maximum atomic E-state index is 14.5. The Balaban J connectivity index is 1.70. The Labute approximate surface area is 337 Å². The van der Waals surface area contributed by atoms with E-state index in [4.69, 9.17) is 0 Å². The van der Waals surface area contributed by atoms with E-state index in [1.54, 1.807) is 72.1 Å². The van der Waals surface area contributed by atoms with Gasteiger partial charge in [-0.15, -0.1) is 23.5 Å². The minimum absolute atomic E-state index is 0.0527. The lowest BCUT2D eigenvalue weighted by atomic mass is 9.85. The van der Waals surface area contributed by atoms with Gasteiger partial charge in [0.2, 0.25) is 20.0 Å². The van der Waals surface area contributed by atoms with E-state index >= 15 is 0 Å². The SMILES string of the molecule is Cc1ccc(S(=O)(=O)N2CCCN(S(=O)(=O)c3ccc(C)cc3)Cc3cc(C(C)(C)C)cc(CO)c3SCCSc3c(CO)cc(C(C)(C)C)cc3C2)cc1. The van der Waals surface area contributed by atoms with E-state index in [9.17, 15) is 27.0 Å². The fourth-order valence-corrected chi connectivity index (χ4v) is 11.8. The van der Waals surface area contributed by atoms with Crippen LogP contribution in [0.1, 0.15) is 92.5 Å². The molecule has 5 rings (SSSR count). The lowest BCUT2D eigenvalue weighted by molar-refractivity contribution is 0.278. The molecule has 12 heteroatoms. The van der Waals surface area contributed by atoms with Crippen molar-refractivity contribution in [3.05, 3.63) is 117 Å². The molecule has 0 aromatic heterocycles. The highest BCUT2D eigenvalue weighted by Crippen LogP contribution is 2.39. The van der Waals surface area contributed by atoms with Gasteiger partial charge in [0.05, 0.1) is 23.0 Å². The van der Waals surface area contributed by atoms with Gasteiger partial charge in [-0.2, -0.15) is 8.61 Å². The molecule has 0 saturated heterocycles. The van der Waals surface area contributed by atoms with E-state index in [1.165, 1.54) is 8.61 Å². The van der Waals surface area contributed by atoms with Crippen molar-refractivity contribution < 1.29 is 27.0 Å². The van der Waals surface area contributed by atoms with Crippen LogP contribution in [-0.2, 0) is 57.2 Å². The molecule has 1 heterocycles. The molecule has 8 nitrogen and oxygen atoms in total. The number of rotatable bonds is 6. The Morgan fingerprint density at radius 2 is 0.927 bits per heavy atom. The molecule has 2 N–H and O–H groups in total. The highest BCUT2D eigenvalue weighted by molar-refractivity contribution is 8.03. The zero-order chi connectivity index (χ0) is 40.3. The minimum Gasteiger partial charge on any atom is -0.392 e. The summed E-state index contributed by atoms with van der Waals surface area (Å²) in [5.41, 5.74) is 6.41. The second-order valence-electron chi connectivity index (χ2n) is 16.4. The zero-order valence-corrected chi connectivity index (χ0v) is 36.6. The molecule has 298 valence electrons. The van der Waals surface area contributed by atoms with Crippen LogP contribution in [0.3, 0.4) is 0 Å². The standard InChI is InChI=1S/C43H56N2O6S4/c1-30-10-14-38(15-11-30)54(48,49)44-18-9-19-45(55(50,51)39-16-12-31(2)13-17-39)27-33-23-37(43(6,7)8)25-35(29-47)41(33)53-21-20-52-40-32(26-44)22-36(42(3,4)5)24-34(40)28-46/h10-17,22-25,46-47H,9,18-21,26-29H2,1-8H3. The van der Waals surface area contributed by atoms with Crippen molar-refractivity contribution in [3.8, 4) is 0 Å². The Morgan fingerprint density at radius 3 is 1.24 bits per heavy atom. The number of sulfonamides is 2. The molecule has 0 saturated carbocycles. The van der Waals surface area contributed by atoms with Crippen molar-refractivity contribution in [2.75, 3.05) is 24.6 Å². The van der Waals surface area contributed by atoms with Crippen molar-refractivity contribution in [1.29, 1.82) is 0 Å². The van der Waals surface area contributed by atoms with Gasteiger partial charge in [-0.25, -0.2) is 16.8 Å². The number of aryl methyl sites for hydroxylation is 2. The Kier molecular flexibility index (Phi) is 13.8. The number of aliphatic hydroxyl groups excluding tert-OH is 2. The molecule has 0 bridgehead atoms. The summed E-state index contributed by atoms with van der Waals surface area (Å²) < 4.78 is 61.1. The average molecular weight is 825 g/mol. The smallest absolute Gasteiger partial charge is 0.243 e. The van der Waals surface area contributed by atoms with Crippen LogP contribution in [-0.4, -0.2) is 60.3 Å². The Hall–Kier alpha value is -2.68. The molecular formula is C43H56N2O6S4. The molecular weight excluding hydrogens is 769 g/mol. The van der Waals surface area contributed by atoms with Gasteiger partial charge < -0.3 is 10.2 Å². The lowest BCUT2D eigenvalue weighted by Gasteiger charge is -2.29. The number of fused-ring (bicyclic) bond motifs is 2. The van der Waals surface area contributed by atoms with Crippen LogP contribution in [0.25, 0.3) is 0 Å². The van der Waals surface area contributed by atoms with Gasteiger partial charge in [0.25, 0.3) is 0 Å². The van der Waals surface area contributed by atoms with E-state index in [2.05, 4.69) is 53.7 Å². The van der Waals surface area contributed by atoms with Crippen LogP contribution in [0.5, 0.6) is 0 Å². The largest absolute Gasteiger partial charge is 0.392 e. The molecule has 55 heavy (non-hydrogen) atoms. The van der Waals surface area contributed by atoms with Gasteiger partial charge in [0.15, 0.2) is 0 Å². The maximum absolute atomic E-state index is 14.5. The van der Waals surface area contributed by atoms with Gasteiger partial charge in [0.1, 0.15) is 0 Å². The fraction of sp³-hybridized carbons (Fsp3) is 0.442. The number of benzene rings is 4. The van der Waals surface area contributed by atoms with Crippen molar-refractivity contribution in [3.63, 3.8) is 0 Å². The highest BCUT2D eigenvalue weighted by atomic mass is 32.2. The van der Waals surface area contributed by atoms with Crippen LogP contribution in [0.4, 0.5) is 0 Å². The summed E-state index contributed by atoms with van der Waals surface area (Å²) in [7, 11) is -8.06. The summed E-state index contributed by atoms with van der Waals surface area (Å²) in [5.74, 6) is 1.25. The van der Waals surface area contributed by atoms with E-state index in [1.807, 2.05) is 26.0 Å². The third kappa shape index (κ3) is 10.3. The second-order valence-corrected chi connectivity index (χ2v) is 22.5. The van der Waals surface area contributed by atoms with Crippen LogP contribution in [0.2, 0.25) is 0 Å². The topological polar surface area (TPSA) is 115 Å². The molecule has 4 aromatic rings. The lowest BCUT2D eigenvalue weighted by Crippen LogP contribution is -2.36. The van der Waals surface area contributed by atoms with Gasteiger partial charge in [-0.3, -0.25) is 0 Å². The second kappa shape index (κ2) is 17.4. The zero-order valence-electron chi connectivity index (χ0n) is 33.3. The highest BCUT2D eigenvalue weighted by Gasteiger charge is 2.31. The Morgan fingerprint density at radius 1 is 0.582 bits per heavy atom. The number of hydrogen-bond donors (Lipinski definition) is 2. The maximum Gasteiger partial charge on any atom is 0.243 e. The van der Waals surface area contributed by atoms with Crippen molar-refractivity contribution in [2.45, 2.75) is 119 Å². The summed E-state index contributed by atoms with van der Waals surface area (Å²) in [5, 5.41) is 21.4. The normalized spacial score (nSPS) is 16.2. The monoisotopic (exact) mass is 824 g/mol. The van der Waals surface area contributed by atoms with E-state index in [0.717, 1.165) is 54.3 Å². The van der Waals surface area contributed by atoms with Gasteiger partial charge >= 0.3 is 0 Å². The predicted molar refractivity (Wildman–Crippen MR) is 226 cm³/mol. The minimum atomic E-state index is -4.03. The molecule has 0 unspecified atom stereocenters. The first-order valence-corrected chi connectivity index (χ1v) is 23.5. The van der Waals surface area contributed by atoms with Crippen LogP contribution in [0.15, 0.2) is 92.4 Å². The first kappa shape index (κ1) is 43.4. The van der Waals surface area contributed by atoms with Crippen LogP contribution < -0.4 is 0 Å². The average Bonchev–Trinajstić information content (AvgIpc) is 3.12. The molecule has 0 radical (unpaired) electrons. The number of aliphatic hydroxyl groups is 2. The first-order chi connectivity index (χ1) is 25.7.